The van der Waals surface area contributed by atoms with Crippen molar-refractivity contribution in [1.29, 1.82) is 0 Å². The van der Waals surface area contributed by atoms with E-state index in [9.17, 15) is 24.2 Å². The highest BCUT2D eigenvalue weighted by atomic mass is 35.5. The lowest BCUT2D eigenvalue weighted by Crippen LogP contribution is -2.35. The molecule has 0 bridgehead atoms. The Labute approximate surface area is 206 Å². The minimum Gasteiger partial charge on any atom is -0.392 e. The van der Waals surface area contributed by atoms with Crippen molar-refractivity contribution in [2.24, 2.45) is 0 Å². The lowest BCUT2D eigenvalue weighted by Gasteiger charge is -2.27. The Hall–Kier alpha value is -1.18. The van der Waals surface area contributed by atoms with Gasteiger partial charge in [-0.3, -0.25) is 13.7 Å². The topological polar surface area (TPSA) is 201 Å². The third-order valence-corrected chi connectivity index (χ3v) is 9.35. The molecular formula is C18H30ClN5O9P2. The second-order valence-corrected chi connectivity index (χ2v) is 12.8. The molecule has 4 atom stereocenters. The van der Waals surface area contributed by atoms with E-state index in [0.29, 0.717) is 11.3 Å². The second-order valence-electron chi connectivity index (χ2n) is 8.48. The van der Waals surface area contributed by atoms with Gasteiger partial charge in [0, 0.05) is 13.1 Å². The maximum absolute atomic E-state index is 12.0. The Morgan fingerprint density at radius 2 is 1.91 bits per heavy atom. The summed E-state index contributed by atoms with van der Waals surface area (Å²) in [5, 5.41) is 20.1. The lowest BCUT2D eigenvalue weighted by molar-refractivity contribution is -0.129. The van der Waals surface area contributed by atoms with Crippen LogP contribution in [0.5, 0.6) is 0 Å². The standard InChI is InChI=1S/C18H30ClN5O9P2/c1-11(26)13(8-32-35(30,31)10-34(27,28)29)33-14(7-25)24-9-20-15-16(21-18(19)22-17(15)24)23(2)12-5-3-4-6-12/h9,11-14,25-26H,3-8,10H2,1-2H3,(H,30,31)(H2,27,28,29)/t11-,13+,14+/m0/s1. The summed E-state index contributed by atoms with van der Waals surface area (Å²) in [6.07, 6.45) is 1.97. The number of fused-ring (bicyclic) bond motifs is 1. The van der Waals surface area contributed by atoms with Crippen molar-refractivity contribution in [3.63, 3.8) is 0 Å². The highest BCUT2D eigenvalue weighted by Crippen LogP contribution is 2.55. The third kappa shape index (κ3) is 7.42. The van der Waals surface area contributed by atoms with E-state index in [2.05, 4.69) is 15.0 Å². The van der Waals surface area contributed by atoms with E-state index in [1.54, 1.807) is 0 Å². The fourth-order valence-electron chi connectivity index (χ4n) is 3.95. The molecule has 0 aliphatic heterocycles. The molecule has 3 rings (SSSR count). The first kappa shape index (κ1) is 28.4. The molecule has 2 heterocycles. The molecule has 0 amide bonds. The van der Waals surface area contributed by atoms with Crippen molar-refractivity contribution in [3.8, 4) is 0 Å². The summed E-state index contributed by atoms with van der Waals surface area (Å²) >= 11 is 6.18. The Bertz CT molecular complexity index is 1110. The number of hydrogen-bond acceptors (Lipinski definition) is 10. The SMILES string of the molecule is C[C@H](O)[C@@H](COP(=O)(O)CP(=O)(O)O)O[C@H](CO)n1cnc2c(N(C)C3CCCC3)nc(Cl)nc21. The van der Waals surface area contributed by atoms with Crippen LogP contribution in [-0.4, -0.2) is 88.8 Å². The summed E-state index contributed by atoms with van der Waals surface area (Å²) in [4.78, 5) is 42.5. The van der Waals surface area contributed by atoms with E-state index < -0.39 is 52.7 Å². The summed E-state index contributed by atoms with van der Waals surface area (Å²) < 4.78 is 34.9. The highest BCUT2D eigenvalue weighted by Gasteiger charge is 2.34. The van der Waals surface area contributed by atoms with Crippen molar-refractivity contribution in [3.05, 3.63) is 11.6 Å². The van der Waals surface area contributed by atoms with Crippen LogP contribution in [-0.2, 0) is 18.4 Å². The monoisotopic (exact) mass is 557 g/mol. The Kier molecular flexibility index (Phi) is 9.31. The van der Waals surface area contributed by atoms with E-state index in [1.807, 2.05) is 11.9 Å². The van der Waals surface area contributed by atoms with E-state index in [4.69, 9.17) is 30.6 Å². The van der Waals surface area contributed by atoms with Gasteiger partial charge in [-0.25, -0.2) is 4.98 Å². The molecule has 35 heavy (non-hydrogen) atoms. The van der Waals surface area contributed by atoms with Crippen LogP contribution in [0, 0.1) is 0 Å². The molecule has 0 radical (unpaired) electrons. The lowest BCUT2D eigenvalue weighted by atomic mass is 10.2. The number of hydrogen-bond donors (Lipinski definition) is 5. The van der Waals surface area contributed by atoms with Crippen LogP contribution in [0.2, 0.25) is 5.28 Å². The number of anilines is 1. The zero-order valence-corrected chi connectivity index (χ0v) is 21.8. The van der Waals surface area contributed by atoms with Crippen LogP contribution in [0.4, 0.5) is 5.82 Å². The smallest absolute Gasteiger partial charge is 0.340 e. The van der Waals surface area contributed by atoms with E-state index in [-0.39, 0.29) is 17.0 Å². The molecule has 1 unspecified atom stereocenters. The van der Waals surface area contributed by atoms with Crippen LogP contribution in [0.1, 0.15) is 38.8 Å². The first-order valence-corrected chi connectivity index (χ1v) is 14.8. The second kappa shape index (κ2) is 11.5. The molecule has 0 saturated heterocycles. The Balaban J connectivity index is 1.84. The van der Waals surface area contributed by atoms with Gasteiger partial charge in [0.15, 0.2) is 29.1 Å². The Morgan fingerprint density at radius 3 is 2.49 bits per heavy atom. The molecule has 17 heteroatoms. The number of rotatable bonds is 12. The number of nitrogens with zero attached hydrogens (tertiary/aromatic N) is 5. The minimum absolute atomic E-state index is 0.0372. The molecule has 2 aromatic rings. The van der Waals surface area contributed by atoms with Crippen LogP contribution in [0.25, 0.3) is 11.2 Å². The molecule has 1 aliphatic carbocycles. The Morgan fingerprint density at radius 1 is 1.26 bits per heavy atom. The fraction of sp³-hybridized carbons (Fsp3) is 0.722. The highest BCUT2D eigenvalue weighted by molar-refractivity contribution is 7.70. The number of aliphatic hydroxyl groups excluding tert-OH is 2. The number of aromatic nitrogens is 4. The van der Waals surface area contributed by atoms with Crippen LogP contribution < -0.4 is 4.90 Å². The van der Waals surface area contributed by atoms with Gasteiger partial charge in [-0.1, -0.05) is 12.8 Å². The molecule has 1 saturated carbocycles. The average molecular weight is 558 g/mol. The zero-order valence-electron chi connectivity index (χ0n) is 19.2. The van der Waals surface area contributed by atoms with Gasteiger partial charge < -0.3 is 39.1 Å². The van der Waals surface area contributed by atoms with Crippen molar-refractivity contribution in [2.45, 2.75) is 57.1 Å². The van der Waals surface area contributed by atoms with Gasteiger partial charge in [0.1, 0.15) is 6.10 Å². The van der Waals surface area contributed by atoms with Crippen LogP contribution in [0.3, 0.4) is 0 Å². The van der Waals surface area contributed by atoms with Gasteiger partial charge in [0.2, 0.25) is 5.28 Å². The van der Waals surface area contributed by atoms with E-state index in [1.165, 1.54) is 17.8 Å². The third-order valence-electron chi connectivity index (χ3n) is 5.72. The minimum atomic E-state index is -4.82. The zero-order chi connectivity index (χ0) is 26.0. The molecule has 5 N–H and O–H groups in total. The van der Waals surface area contributed by atoms with Crippen molar-refractivity contribution in [1.82, 2.24) is 19.5 Å². The largest absolute Gasteiger partial charge is 0.392 e. The summed E-state index contributed by atoms with van der Waals surface area (Å²) in [6.45, 7) is 0.0524. The van der Waals surface area contributed by atoms with Crippen molar-refractivity contribution in [2.75, 3.05) is 31.1 Å². The first-order chi connectivity index (χ1) is 16.3. The van der Waals surface area contributed by atoms with Crippen molar-refractivity contribution < 1.29 is 43.3 Å². The molecule has 0 aromatic carbocycles. The van der Waals surface area contributed by atoms with Gasteiger partial charge >= 0.3 is 15.2 Å². The van der Waals surface area contributed by atoms with Crippen molar-refractivity contribution >= 4 is 43.8 Å². The average Bonchev–Trinajstić information content (AvgIpc) is 3.41. The summed E-state index contributed by atoms with van der Waals surface area (Å²) in [6, 6.07) is 0.276. The predicted octanol–water partition coefficient (Wildman–Crippen LogP) is 1.45. The molecule has 198 valence electrons. The van der Waals surface area contributed by atoms with E-state index in [0.717, 1.165) is 25.7 Å². The molecule has 0 spiro atoms. The number of halogens is 1. The first-order valence-electron chi connectivity index (χ1n) is 10.9. The molecule has 2 aromatic heterocycles. The maximum atomic E-state index is 12.0. The van der Waals surface area contributed by atoms with Gasteiger partial charge in [0.05, 0.1) is 25.6 Å². The molecular weight excluding hydrogens is 528 g/mol. The number of imidazole rings is 1. The van der Waals surface area contributed by atoms with Gasteiger partial charge in [-0.15, -0.1) is 0 Å². The van der Waals surface area contributed by atoms with Gasteiger partial charge in [0.25, 0.3) is 0 Å². The molecule has 14 nitrogen and oxygen atoms in total. The molecule has 1 fully saturated rings. The number of aliphatic hydroxyl groups is 2. The number of ether oxygens (including phenoxy) is 1. The quantitative estimate of drug-likeness (QED) is 0.185. The molecule has 1 aliphatic rings. The predicted molar refractivity (Wildman–Crippen MR) is 126 cm³/mol. The van der Waals surface area contributed by atoms with E-state index >= 15 is 0 Å². The summed E-state index contributed by atoms with van der Waals surface area (Å²) in [5.41, 5.74) is 0.695. The van der Waals surface area contributed by atoms with Gasteiger partial charge in [-0.2, -0.15) is 9.97 Å². The summed E-state index contributed by atoms with van der Waals surface area (Å²) in [7, 11) is -7.59. The van der Waals surface area contributed by atoms with Crippen LogP contribution >= 0.6 is 26.8 Å². The summed E-state index contributed by atoms with van der Waals surface area (Å²) in [5.74, 6) is -0.856. The van der Waals surface area contributed by atoms with Gasteiger partial charge in [-0.05, 0) is 31.4 Å². The normalized spacial score (nSPS) is 19.5. The maximum Gasteiger partial charge on any atom is 0.340 e. The van der Waals surface area contributed by atoms with Crippen LogP contribution in [0.15, 0.2) is 6.33 Å². The fourth-order valence-corrected chi connectivity index (χ4v) is 6.68.